The SMILES string of the molecule is OCC[C@H](c1cc(Cl)cc(Cl)c1Cl)N1CCNCC1. The number of benzene rings is 1. The van der Waals surface area contributed by atoms with Crippen LogP contribution in [0.5, 0.6) is 0 Å². The molecule has 0 bridgehead atoms. The Labute approximate surface area is 128 Å². The summed E-state index contributed by atoms with van der Waals surface area (Å²) in [7, 11) is 0. The van der Waals surface area contributed by atoms with Crippen molar-refractivity contribution in [3.05, 3.63) is 32.8 Å². The minimum Gasteiger partial charge on any atom is -0.396 e. The van der Waals surface area contributed by atoms with Crippen LogP contribution in [-0.4, -0.2) is 42.8 Å². The summed E-state index contributed by atoms with van der Waals surface area (Å²) in [6.07, 6.45) is 0.621. The fourth-order valence-corrected chi connectivity index (χ4v) is 3.21. The van der Waals surface area contributed by atoms with Gasteiger partial charge in [-0.05, 0) is 24.1 Å². The maximum Gasteiger partial charge on any atom is 0.0641 e. The molecule has 6 heteroatoms. The summed E-state index contributed by atoms with van der Waals surface area (Å²) in [4.78, 5) is 2.31. The van der Waals surface area contributed by atoms with E-state index >= 15 is 0 Å². The van der Waals surface area contributed by atoms with Crippen LogP contribution in [0.2, 0.25) is 15.1 Å². The quantitative estimate of drug-likeness (QED) is 0.836. The zero-order valence-electron chi connectivity index (χ0n) is 10.5. The van der Waals surface area contributed by atoms with E-state index in [9.17, 15) is 5.11 Å². The lowest BCUT2D eigenvalue weighted by Gasteiger charge is -2.35. The number of rotatable bonds is 4. The number of nitrogens with zero attached hydrogens (tertiary/aromatic N) is 1. The first-order valence-electron chi connectivity index (χ1n) is 6.33. The van der Waals surface area contributed by atoms with Gasteiger partial charge in [-0.1, -0.05) is 34.8 Å². The van der Waals surface area contributed by atoms with Gasteiger partial charge in [0.1, 0.15) is 0 Å². The van der Waals surface area contributed by atoms with E-state index in [1.54, 1.807) is 6.07 Å². The molecule has 1 saturated heterocycles. The van der Waals surface area contributed by atoms with Crippen LogP contribution in [0.1, 0.15) is 18.0 Å². The predicted molar refractivity (Wildman–Crippen MR) is 80.4 cm³/mol. The summed E-state index contributed by atoms with van der Waals surface area (Å²) >= 11 is 18.5. The van der Waals surface area contributed by atoms with Crippen LogP contribution < -0.4 is 5.32 Å². The molecule has 2 rings (SSSR count). The average Bonchev–Trinajstić information content (AvgIpc) is 2.41. The maximum absolute atomic E-state index is 9.31. The Bertz CT molecular complexity index is 436. The van der Waals surface area contributed by atoms with Crippen molar-refractivity contribution < 1.29 is 5.11 Å². The van der Waals surface area contributed by atoms with Crippen molar-refractivity contribution in [3.8, 4) is 0 Å². The van der Waals surface area contributed by atoms with Crippen molar-refractivity contribution in [2.75, 3.05) is 32.8 Å². The van der Waals surface area contributed by atoms with E-state index in [-0.39, 0.29) is 12.6 Å². The predicted octanol–water partition coefficient (Wildman–Crippen LogP) is 2.98. The number of piperazine rings is 1. The van der Waals surface area contributed by atoms with E-state index in [0.717, 1.165) is 31.7 Å². The van der Waals surface area contributed by atoms with Crippen molar-refractivity contribution >= 4 is 34.8 Å². The second-order valence-electron chi connectivity index (χ2n) is 4.60. The Morgan fingerprint density at radius 1 is 1.21 bits per heavy atom. The molecular weight excluding hydrogens is 307 g/mol. The van der Waals surface area contributed by atoms with Gasteiger partial charge in [0.2, 0.25) is 0 Å². The summed E-state index contributed by atoms with van der Waals surface area (Å²) in [6.45, 7) is 3.83. The minimum atomic E-state index is 0.0517. The summed E-state index contributed by atoms with van der Waals surface area (Å²) in [5, 5.41) is 14.2. The molecule has 1 aromatic rings. The van der Waals surface area contributed by atoms with Crippen molar-refractivity contribution in [2.24, 2.45) is 0 Å². The summed E-state index contributed by atoms with van der Waals surface area (Å²) in [5.74, 6) is 0. The van der Waals surface area contributed by atoms with Crippen LogP contribution in [0, 0.1) is 0 Å². The van der Waals surface area contributed by atoms with Gasteiger partial charge in [0, 0.05) is 43.9 Å². The summed E-state index contributed by atoms with van der Waals surface area (Å²) < 4.78 is 0. The molecule has 0 radical (unpaired) electrons. The first kappa shape index (κ1) is 15.4. The van der Waals surface area contributed by atoms with Gasteiger partial charge in [-0.2, -0.15) is 0 Å². The van der Waals surface area contributed by atoms with Gasteiger partial charge in [0.15, 0.2) is 0 Å². The first-order valence-corrected chi connectivity index (χ1v) is 7.47. The molecule has 0 aliphatic carbocycles. The zero-order valence-corrected chi connectivity index (χ0v) is 12.8. The molecule has 19 heavy (non-hydrogen) atoms. The van der Waals surface area contributed by atoms with Crippen LogP contribution >= 0.6 is 34.8 Å². The van der Waals surface area contributed by atoms with Crippen LogP contribution in [0.3, 0.4) is 0 Å². The van der Waals surface area contributed by atoms with Crippen LogP contribution in [-0.2, 0) is 0 Å². The number of aliphatic hydroxyl groups is 1. The van der Waals surface area contributed by atoms with Crippen molar-refractivity contribution in [1.29, 1.82) is 0 Å². The normalized spacial score (nSPS) is 18.5. The lowest BCUT2D eigenvalue weighted by Crippen LogP contribution is -2.45. The molecule has 106 valence electrons. The van der Waals surface area contributed by atoms with E-state index in [1.165, 1.54) is 0 Å². The molecule has 0 unspecified atom stereocenters. The molecule has 2 N–H and O–H groups in total. The fraction of sp³-hybridized carbons (Fsp3) is 0.538. The van der Waals surface area contributed by atoms with Gasteiger partial charge < -0.3 is 10.4 Å². The first-order chi connectivity index (χ1) is 9.13. The van der Waals surface area contributed by atoms with E-state index < -0.39 is 0 Å². The Hall–Kier alpha value is -0.0300. The highest BCUT2D eigenvalue weighted by atomic mass is 35.5. The standard InChI is InChI=1S/C13H17Cl3N2O/c14-9-7-10(13(16)11(15)8-9)12(1-6-19)18-4-2-17-3-5-18/h7-8,12,17,19H,1-6H2/t12-/m1/s1. The van der Waals surface area contributed by atoms with E-state index in [1.807, 2.05) is 6.07 Å². The molecule has 0 spiro atoms. The molecule has 1 aliphatic rings. The van der Waals surface area contributed by atoms with Gasteiger partial charge in [-0.25, -0.2) is 0 Å². The molecule has 1 heterocycles. The summed E-state index contributed by atoms with van der Waals surface area (Å²) in [5.41, 5.74) is 0.898. The number of nitrogens with one attached hydrogen (secondary N) is 1. The van der Waals surface area contributed by atoms with Crippen molar-refractivity contribution in [3.63, 3.8) is 0 Å². The number of halogens is 3. The second kappa shape index (κ2) is 7.11. The van der Waals surface area contributed by atoms with Crippen LogP contribution in [0.15, 0.2) is 12.1 Å². The van der Waals surface area contributed by atoms with Gasteiger partial charge in [-0.15, -0.1) is 0 Å². The van der Waals surface area contributed by atoms with Gasteiger partial charge >= 0.3 is 0 Å². The molecule has 1 aromatic carbocycles. The topological polar surface area (TPSA) is 35.5 Å². The zero-order chi connectivity index (χ0) is 13.8. The van der Waals surface area contributed by atoms with E-state index in [4.69, 9.17) is 34.8 Å². The smallest absolute Gasteiger partial charge is 0.0641 e. The Morgan fingerprint density at radius 2 is 1.89 bits per heavy atom. The molecule has 0 aromatic heterocycles. The number of hydrogen-bond acceptors (Lipinski definition) is 3. The number of aliphatic hydroxyl groups excluding tert-OH is 1. The Balaban J connectivity index is 2.32. The van der Waals surface area contributed by atoms with Crippen molar-refractivity contribution in [1.82, 2.24) is 10.2 Å². The van der Waals surface area contributed by atoms with E-state index in [0.29, 0.717) is 21.5 Å². The third kappa shape index (κ3) is 3.75. The van der Waals surface area contributed by atoms with Gasteiger partial charge in [0.25, 0.3) is 0 Å². The molecular formula is C13H17Cl3N2O. The molecule has 1 atom stereocenters. The van der Waals surface area contributed by atoms with Crippen LogP contribution in [0.4, 0.5) is 0 Å². The monoisotopic (exact) mass is 322 g/mol. The molecule has 0 saturated carbocycles. The highest BCUT2D eigenvalue weighted by Gasteiger charge is 2.24. The maximum atomic E-state index is 9.31. The molecule has 1 aliphatic heterocycles. The summed E-state index contributed by atoms with van der Waals surface area (Å²) in [6, 6.07) is 3.54. The minimum absolute atomic E-state index is 0.0517. The highest BCUT2D eigenvalue weighted by molar-refractivity contribution is 6.43. The van der Waals surface area contributed by atoms with Crippen molar-refractivity contribution in [2.45, 2.75) is 12.5 Å². The second-order valence-corrected chi connectivity index (χ2v) is 5.83. The Morgan fingerprint density at radius 3 is 2.53 bits per heavy atom. The lowest BCUT2D eigenvalue weighted by molar-refractivity contribution is 0.141. The fourth-order valence-electron chi connectivity index (χ4n) is 2.47. The lowest BCUT2D eigenvalue weighted by atomic mass is 10.0. The third-order valence-electron chi connectivity index (χ3n) is 3.38. The molecule has 1 fully saturated rings. The average molecular weight is 324 g/mol. The van der Waals surface area contributed by atoms with Crippen LogP contribution in [0.25, 0.3) is 0 Å². The Kier molecular flexibility index (Phi) is 5.75. The number of hydrogen-bond donors (Lipinski definition) is 2. The highest BCUT2D eigenvalue weighted by Crippen LogP contribution is 2.37. The molecule has 0 amide bonds. The molecule has 3 nitrogen and oxygen atoms in total. The van der Waals surface area contributed by atoms with Gasteiger partial charge in [0.05, 0.1) is 10.0 Å². The van der Waals surface area contributed by atoms with E-state index in [2.05, 4.69) is 10.2 Å². The third-order valence-corrected chi connectivity index (χ3v) is 4.41. The van der Waals surface area contributed by atoms with Gasteiger partial charge in [-0.3, -0.25) is 4.90 Å². The largest absolute Gasteiger partial charge is 0.396 e.